The van der Waals surface area contributed by atoms with Gasteiger partial charge in [-0.2, -0.15) is 14.5 Å². The second-order valence-corrected chi connectivity index (χ2v) is 10.2. The lowest BCUT2D eigenvalue weighted by molar-refractivity contribution is 0.0690. The minimum Gasteiger partial charge on any atom is -0.471 e. The zero-order valence-corrected chi connectivity index (χ0v) is 20.1. The van der Waals surface area contributed by atoms with Crippen molar-refractivity contribution in [2.45, 2.75) is 18.6 Å². The summed E-state index contributed by atoms with van der Waals surface area (Å²) in [7, 11) is -1.94. The number of nitrogens with zero attached hydrogens (tertiary/aromatic N) is 6. The standard InChI is InChI=1S/C20H23BrN6O4S/c1-15-19(13-22-24(15)2)32(29,30)27-11-9-25(10-12-27)20(28)18-7-8-26(23-18)14-31-17-5-3-16(21)4-6-17/h3-8,13H,9-12,14H2,1-2H3. The zero-order chi connectivity index (χ0) is 22.9. The molecule has 0 bridgehead atoms. The summed E-state index contributed by atoms with van der Waals surface area (Å²) in [6.07, 6.45) is 3.04. The summed E-state index contributed by atoms with van der Waals surface area (Å²) in [6.45, 7) is 2.91. The number of benzene rings is 1. The number of aryl methyl sites for hydroxylation is 1. The summed E-state index contributed by atoms with van der Waals surface area (Å²) >= 11 is 3.37. The molecule has 2 aromatic heterocycles. The van der Waals surface area contributed by atoms with Gasteiger partial charge < -0.3 is 9.64 Å². The lowest BCUT2D eigenvalue weighted by atomic mass is 10.3. The molecule has 0 radical (unpaired) electrons. The maximum atomic E-state index is 12.9. The van der Waals surface area contributed by atoms with E-state index in [0.717, 1.165) is 4.47 Å². The Morgan fingerprint density at radius 2 is 1.81 bits per heavy atom. The first-order valence-electron chi connectivity index (χ1n) is 9.95. The van der Waals surface area contributed by atoms with E-state index in [0.29, 0.717) is 30.2 Å². The van der Waals surface area contributed by atoms with Crippen LogP contribution in [0, 0.1) is 6.92 Å². The van der Waals surface area contributed by atoms with Crippen LogP contribution in [0.5, 0.6) is 5.75 Å². The van der Waals surface area contributed by atoms with Crippen molar-refractivity contribution in [3.8, 4) is 5.75 Å². The van der Waals surface area contributed by atoms with Crippen molar-refractivity contribution in [2.24, 2.45) is 7.05 Å². The average Bonchev–Trinajstić information content (AvgIpc) is 3.40. The van der Waals surface area contributed by atoms with Gasteiger partial charge in [0.1, 0.15) is 10.6 Å². The predicted molar refractivity (Wildman–Crippen MR) is 120 cm³/mol. The molecule has 1 fully saturated rings. The number of hydrogen-bond donors (Lipinski definition) is 0. The minimum atomic E-state index is -3.65. The molecule has 0 unspecified atom stereocenters. The Labute approximate surface area is 194 Å². The molecular formula is C20H23BrN6O4S. The molecule has 0 N–H and O–H groups in total. The number of amides is 1. The molecule has 1 aliphatic rings. The number of hydrogen-bond acceptors (Lipinski definition) is 6. The van der Waals surface area contributed by atoms with E-state index < -0.39 is 10.0 Å². The van der Waals surface area contributed by atoms with E-state index in [2.05, 4.69) is 26.1 Å². The van der Waals surface area contributed by atoms with Gasteiger partial charge in [-0.1, -0.05) is 15.9 Å². The molecule has 12 heteroatoms. The van der Waals surface area contributed by atoms with Crippen molar-refractivity contribution < 1.29 is 17.9 Å². The fourth-order valence-corrected chi connectivity index (χ4v) is 5.26. The first kappa shape index (κ1) is 22.5. The quantitative estimate of drug-likeness (QED) is 0.489. The van der Waals surface area contributed by atoms with Crippen LogP contribution in [-0.4, -0.2) is 69.3 Å². The maximum Gasteiger partial charge on any atom is 0.274 e. The van der Waals surface area contributed by atoms with Gasteiger partial charge in [0.15, 0.2) is 12.4 Å². The molecule has 1 amide bonds. The van der Waals surface area contributed by atoms with Crippen molar-refractivity contribution in [2.75, 3.05) is 26.2 Å². The molecule has 0 saturated carbocycles. The van der Waals surface area contributed by atoms with Crippen LogP contribution >= 0.6 is 15.9 Å². The molecule has 10 nitrogen and oxygen atoms in total. The lowest BCUT2D eigenvalue weighted by Gasteiger charge is -2.33. The number of aromatic nitrogens is 4. The summed E-state index contributed by atoms with van der Waals surface area (Å²) in [5.41, 5.74) is 0.878. The molecule has 0 spiro atoms. The van der Waals surface area contributed by atoms with Gasteiger partial charge in [0.25, 0.3) is 5.91 Å². The van der Waals surface area contributed by atoms with Crippen LogP contribution in [0.15, 0.2) is 52.1 Å². The van der Waals surface area contributed by atoms with E-state index in [-0.39, 0.29) is 30.6 Å². The third kappa shape index (κ3) is 4.57. The molecule has 1 aliphatic heterocycles. The molecule has 170 valence electrons. The highest BCUT2D eigenvalue weighted by Crippen LogP contribution is 2.21. The number of piperazine rings is 1. The van der Waals surface area contributed by atoms with Crippen molar-refractivity contribution in [1.29, 1.82) is 0 Å². The van der Waals surface area contributed by atoms with E-state index in [1.54, 1.807) is 35.8 Å². The summed E-state index contributed by atoms with van der Waals surface area (Å²) < 4.78 is 36.9. The fraction of sp³-hybridized carbons (Fsp3) is 0.350. The first-order chi connectivity index (χ1) is 15.3. The molecule has 0 atom stereocenters. The Hall–Kier alpha value is -2.70. The van der Waals surface area contributed by atoms with Crippen LogP contribution in [0.1, 0.15) is 16.2 Å². The van der Waals surface area contributed by atoms with Crippen molar-refractivity contribution in [3.05, 3.63) is 58.6 Å². The number of ether oxygens (including phenoxy) is 1. The number of carbonyl (C=O) groups is 1. The molecular weight excluding hydrogens is 500 g/mol. The minimum absolute atomic E-state index is 0.172. The van der Waals surface area contributed by atoms with E-state index in [1.165, 1.54) is 15.2 Å². The number of sulfonamides is 1. The number of rotatable bonds is 6. The van der Waals surface area contributed by atoms with Gasteiger partial charge in [-0.05, 0) is 37.3 Å². The molecule has 4 rings (SSSR count). The van der Waals surface area contributed by atoms with Crippen LogP contribution < -0.4 is 4.74 Å². The normalized spacial score (nSPS) is 15.2. The van der Waals surface area contributed by atoms with Gasteiger partial charge in [0, 0.05) is 43.9 Å². The van der Waals surface area contributed by atoms with Crippen molar-refractivity contribution >= 4 is 31.9 Å². The highest BCUT2D eigenvalue weighted by Gasteiger charge is 2.33. The summed E-state index contributed by atoms with van der Waals surface area (Å²) in [6, 6.07) is 9.06. The van der Waals surface area contributed by atoms with Crippen LogP contribution in [0.3, 0.4) is 0 Å². The number of carbonyl (C=O) groups excluding carboxylic acids is 1. The smallest absolute Gasteiger partial charge is 0.274 e. The highest BCUT2D eigenvalue weighted by atomic mass is 79.9. The second-order valence-electron chi connectivity index (χ2n) is 7.38. The summed E-state index contributed by atoms with van der Waals surface area (Å²) in [5, 5.41) is 8.32. The third-order valence-electron chi connectivity index (χ3n) is 5.37. The average molecular weight is 523 g/mol. The Kier molecular flexibility index (Phi) is 6.35. The molecule has 1 aromatic carbocycles. The van der Waals surface area contributed by atoms with Gasteiger partial charge in [-0.3, -0.25) is 9.48 Å². The monoisotopic (exact) mass is 522 g/mol. The van der Waals surface area contributed by atoms with Crippen molar-refractivity contribution in [1.82, 2.24) is 28.8 Å². The first-order valence-corrected chi connectivity index (χ1v) is 12.2. The van der Waals surface area contributed by atoms with Gasteiger partial charge in [-0.25, -0.2) is 13.1 Å². The van der Waals surface area contributed by atoms with Gasteiger partial charge in [-0.15, -0.1) is 0 Å². The van der Waals surface area contributed by atoms with Gasteiger partial charge in [0.05, 0.1) is 11.9 Å². The fourth-order valence-electron chi connectivity index (χ4n) is 3.38. The molecule has 3 aromatic rings. The number of halogens is 1. The second kappa shape index (κ2) is 9.04. The molecule has 0 aliphatic carbocycles. The van der Waals surface area contributed by atoms with Crippen LogP contribution in [0.4, 0.5) is 0 Å². The van der Waals surface area contributed by atoms with Crippen LogP contribution in [-0.2, 0) is 23.8 Å². The largest absolute Gasteiger partial charge is 0.471 e. The molecule has 3 heterocycles. The summed E-state index contributed by atoms with van der Waals surface area (Å²) in [4.78, 5) is 14.6. The van der Waals surface area contributed by atoms with Gasteiger partial charge >= 0.3 is 0 Å². The third-order valence-corrected chi connectivity index (χ3v) is 7.90. The lowest BCUT2D eigenvalue weighted by Crippen LogP contribution is -2.50. The van der Waals surface area contributed by atoms with Crippen LogP contribution in [0.25, 0.3) is 0 Å². The van der Waals surface area contributed by atoms with Crippen molar-refractivity contribution in [3.63, 3.8) is 0 Å². The summed E-state index contributed by atoms with van der Waals surface area (Å²) in [5.74, 6) is 0.458. The highest BCUT2D eigenvalue weighted by molar-refractivity contribution is 9.10. The Morgan fingerprint density at radius 1 is 1.12 bits per heavy atom. The van der Waals surface area contributed by atoms with E-state index in [1.807, 2.05) is 24.3 Å². The Balaban J connectivity index is 1.34. The zero-order valence-electron chi connectivity index (χ0n) is 17.7. The Morgan fingerprint density at radius 3 is 2.44 bits per heavy atom. The van der Waals surface area contributed by atoms with Gasteiger partial charge in [0.2, 0.25) is 10.0 Å². The van der Waals surface area contributed by atoms with Crippen LogP contribution in [0.2, 0.25) is 0 Å². The molecule has 1 saturated heterocycles. The molecule has 32 heavy (non-hydrogen) atoms. The Bertz CT molecular complexity index is 1210. The SMILES string of the molecule is Cc1c(S(=O)(=O)N2CCN(C(=O)c3ccn(COc4ccc(Br)cc4)n3)CC2)cnn1C. The van der Waals surface area contributed by atoms with E-state index >= 15 is 0 Å². The van der Waals surface area contributed by atoms with E-state index in [4.69, 9.17) is 4.74 Å². The van der Waals surface area contributed by atoms with E-state index in [9.17, 15) is 13.2 Å². The maximum absolute atomic E-state index is 12.9. The topological polar surface area (TPSA) is 103 Å². The predicted octanol–water partition coefficient (Wildman–Crippen LogP) is 1.87.